The summed E-state index contributed by atoms with van der Waals surface area (Å²) in [5.41, 5.74) is 2.12. The topological polar surface area (TPSA) is 59.6 Å². The molecule has 0 saturated carbocycles. The molecule has 0 aliphatic carbocycles. The quantitative estimate of drug-likeness (QED) is 0.849. The van der Waals surface area contributed by atoms with Gasteiger partial charge in [0, 0.05) is 24.6 Å². The molecule has 2 rings (SSSR count). The molecule has 0 spiro atoms. The number of ether oxygens (including phenoxy) is 2. The van der Waals surface area contributed by atoms with Gasteiger partial charge in [0.1, 0.15) is 11.9 Å². The second-order valence-electron chi connectivity index (χ2n) is 5.85. The Hall–Kier alpha value is -1.75. The normalized spacial score (nSPS) is 18.8. The summed E-state index contributed by atoms with van der Waals surface area (Å²) in [6.45, 7) is 7.90. The maximum Gasteiger partial charge on any atom is 0.315 e. The highest BCUT2D eigenvalue weighted by Gasteiger charge is 2.19. The van der Waals surface area contributed by atoms with Crippen molar-refractivity contribution in [3.8, 4) is 5.75 Å². The number of nitrogens with one attached hydrogen (secondary N) is 2. The van der Waals surface area contributed by atoms with Crippen LogP contribution in [0.4, 0.5) is 4.79 Å². The van der Waals surface area contributed by atoms with Crippen molar-refractivity contribution in [2.24, 2.45) is 0 Å². The van der Waals surface area contributed by atoms with Gasteiger partial charge in [-0.15, -0.1) is 0 Å². The van der Waals surface area contributed by atoms with Gasteiger partial charge in [-0.05, 0) is 31.9 Å². The first-order chi connectivity index (χ1) is 10.6. The number of aryl methyl sites for hydroxylation is 1. The molecule has 1 aliphatic rings. The zero-order valence-corrected chi connectivity index (χ0v) is 13.6. The summed E-state index contributed by atoms with van der Waals surface area (Å²) in [6, 6.07) is 6.07. The van der Waals surface area contributed by atoms with Crippen molar-refractivity contribution in [3.63, 3.8) is 0 Å². The lowest BCUT2D eigenvalue weighted by molar-refractivity contribution is 0.140. The standard InChI is InChI=1S/C17H26N2O3/c1-4-13(3)19-17(20)18-10-14-6-5-12(2)9-16(14)22-15-7-8-21-11-15/h5-6,9,13,15H,4,7-8,10-11H2,1-3H3,(H2,18,19,20)/t13-,15+/m0/s1. The molecular formula is C17H26N2O3. The third kappa shape index (κ3) is 4.91. The van der Waals surface area contributed by atoms with Gasteiger partial charge in [0.15, 0.2) is 0 Å². The van der Waals surface area contributed by atoms with Gasteiger partial charge in [-0.3, -0.25) is 0 Å². The van der Waals surface area contributed by atoms with E-state index < -0.39 is 0 Å². The third-order valence-corrected chi connectivity index (χ3v) is 3.83. The molecule has 1 saturated heterocycles. The van der Waals surface area contributed by atoms with Crippen molar-refractivity contribution in [1.82, 2.24) is 10.6 Å². The van der Waals surface area contributed by atoms with E-state index in [0.29, 0.717) is 13.2 Å². The van der Waals surface area contributed by atoms with Gasteiger partial charge in [0.2, 0.25) is 0 Å². The number of carbonyl (C=O) groups excluding carboxylic acids is 1. The van der Waals surface area contributed by atoms with Crippen LogP contribution in [0, 0.1) is 6.92 Å². The average Bonchev–Trinajstić information content (AvgIpc) is 2.99. The van der Waals surface area contributed by atoms with Crippen LogP contribution in [0.25, 0.3) is 0 Å². The molecule has 1 fully saturated rings. The third-order valence-electron chi connectivity index (χ3n) is 3.83. The van der Waals surface area contributed by atoms with Crippen molar-refractivity contribution in [1.29, 1.82) is 0 Å². The maximum atomic E-state index is 11.8. The molecule has 2 atom stereocenters. The lowest BCUT2D eigenvalue weighted by atomic mass is 10.1. The van der Waals surface area contributed by atoms with Gasteiger partial charge in [-0.1, -0.05) is 19.1 Å². The van der Waals surface area contributed by atoms with Crippen molar-refractivity contribution in [3.05, 3.63) is 29.3 Å². The molecule has 2 N–H and O–H groups in total. The van der Waals surface area contributed by atoms with E-state index in [1.165, 1.54) is 0 Å². The SMILES string of the molecule is CC[C@H](C)NC(=O)NCc1ccc(C)cc1O[C@@H]1CCOC1. The summed E-state index contributed by atoms with van der Waals surface area (Å²) in [5, 5.41) is 5.78. The van der Waals surface area contributed by atoms with Crippen LogP contribution in [-0.4, -0.2) is 31.4 Å². The highest BCUT2D eigenvalue weighted by Crippen LogP contribution is 2.23. The Morgan fingerprint density at radius 1 is 1.50 bits per heavy atom. The molecule has 5 heteroatoms. The minimum atomic E-state index is -0.148. The second kappa shape index (κ2) is 8.03. The van der Waals surface area contributed by atoms with E-state index in [2.05, 4.69) is 10.6 Å². The molecule has 0 aromatic heterocycles. The molecular weight excluding hydrogens is 280 g/mol. The van der Waals surface area contributed by atoms with Gasteiger partial charge in [-0.25, -0.2) is 4.79 Å². The Balaban J connectivity index is 1.95. The summed E-state index contributed by atoms with van der Waals surface area (Å²) in [7, 11) is 0. The monoisotopic (exact) mass is 306 g/mol. The molecule has 1 aromatic rings. The summed E-state index contributed by atoms with van der Waals surface area (Å²) < 4.78 is 11.4. The molecule has 0 radical (unpaired) electrons. The van der Waals surface area contributed by atoms with Gasteiger partial charge >= 0.3 is 6.03 Å². The van der Waals surface area contributed by atoms with Crippen LogP contribution in [0.1, 0.15) is 37.8 Å². The Labute approximate surface area is 132 Å². The molecule has 0 unspecified atom stereocenters. The van der Waals surface area contributed by atoms with Crippen molar-refractivity contribution in [2.75, 3.05) is 13.2 Å². The van der Waals surface area contributed by atoms with E-state index >= 15 is 0 Å². The Kier molecular flexibility index (Phi) is 6.07. The summed E-state index contributed by atoms with van der Waals surface area (Å²) >= 11 is 0. The fraction of sp³-hybridized carbons (Fsp3) is 0.588. The van der Waals surface area contributed by atoms with E-state index in [1.54, 1.807) is 0 Å². The van der Waals surface area contributed by atoms with Gasteiger partial charge in [-0.2, -0.15) is 0 Å². The number of hydrogen-bond acceptors (Lipinski definition) is 3. The fourth-order valence-electron chi connectivity index (χ4n) is 2.26. The molecule has 5 nitrogen and oxygen atoms in total. The van der Waals surface area contributed by atoms with E-state index in [9.17, 15) is 4.79 Å². The first-order valence-corrected chi connectivity index (χ1v) is 7.96. The highest BCUT2D eigenvalue weighted by atomic mass is 16.5. The smallest absolute Gasteiger partial charge is 0.315 e. The van der Waals surface area contributed by atoms with Crippen LogP contribution in [0.2, 0.25) is 0 Å². The Morgan fingerprint density at radius 2 is 2.32 bits per heavy atom. The molecule has 1 heterocycles. The molecule has 1 aliphatic heterocycles. The first-order valence-electron chi connectivity index (χ1n) is 7.96. The lowest BCUT2D eigenvalue weighted by Crippen LogP contribution is -2.40. The van der Waals surface area contributed by atoms with Crippen LogP contribution in [0.3, 0.4) is 0 Å². The van der Waals surface area contributed by atoms with Crippen molar-refractivity contribution in [2.45, 2.75) is 52.3 Å². The predicted molar refractivity (Wildman–Crippen MR) is 86.2 cm³/mol. The first kappa shape index (κ1) is 16.6. The molecule has 2 amide bonds. The number of amides is 2. The fourth-order valence-corrected chi connectivity index (χ4v) is 2.26. The predicted octanol–water partition coefficient (Wildman–Crippen LogP) is 2.76. The van der Waals surface area contributed by atoms with E-state index in [-0.39, 0.29) is 18.2 Å². The molecule has 1 aromatic carbocycles. The van der Waals surface area contributed by atoms with Crippen LogP contribution in [0.5, 0.6) is 5.75 Å². The lowest BCUT2D eigenvalue weighted by Gasteiger charge is -2.17. The summed E-state index contributed by atoms with van der Waals surface area (Å²) in [6.07, 6.45) is 1.93. The number of carbonyl (C=O) groups is 1. The van der Waals surface area contributed by atoms with Crippen molar-refractivity contribution < 1.29 is 14.3 Å². The van der Waals surface area contributed by atoms with E-state index in [1.807, 2.05) is 39.0 Å². The summed E-state index contributed by atoms with van der Waals surface area (Å²) in [4.78, 5) is 11.8. The zero-order valence-electron chi connectivity index (χ0n) is 13.6. The van der Waals surface area contributed by atoms with Gasteiger partial charge in [0.25, 0.3) is 0 Å². The van der Waals surface area contributed by atoms with Gasteiger partial charge < -0.3 is 20.1 Å². The Morgan fingerprint density at radius 3 is 3.00 bits per heavy atom. The van der Waals surface area contributed by atoms with Crippen LogP contribution >= 0.6 is 0 Å². The number of benzene rings is 1. The zero-order chi connectivity index (χ0) is 15.9. The minimum Gasteiger partial charge on any atom is -0.488 e. The van der Waals surface area contributed by atoms with Crippen molar-refractivity contribution >= 4 is 6.03 Å². The Bertz CT molecular complexity index is 499. The molecule has 0 bridgehead atoms. The number of hydrogen-bond donors (Lipinski definition) is 2. The van der Waals surface area contributed by atoms with Crippen LogP contribution in [-0.2, 0) is 11.3 Å². The average molecular weight is 306 g/mol. The largest absolute Gasteiger partial charge is 0.488 e. The maximum absolute atomic E-state index is 11.8. The van der Waals surface area contributed by atoms with E-state index in [4.69, 9.17) is 9.47 Å². The molecule has 122 valence electrons. The number of urea groups is 1. The van der Waals surface area contributed by atoms with Crippen LogP contribution < -0.4 is 15.4 Å². The van der Waals surface area contributed by atoms with Gasteiger partial charge in [0.05, 0.1) is 13.2 Å². The second-order valence-corrected chi connectivity index (χ2v) is 5.85. The van der Waals surface area contributed by atoms with E-state index in [0.717, 1.165) is 36.3 Å². The molecule has 22 heavy (non-hydrogen) atoms. The number of rotatable bonds is 6. The minimum absolute atomic E-state index is 0.106. The highest BCUT2D eigenvalue weighted by molar-refractivity contribution is 5.74. The van der Waals surface area contributed by atoms with Crippen LogP contribution in [0.15, 0.2) is 18.2 Å². The summed E-state index contributed by atoms with van der Waals surface area (Å²) in [5.74, 6) is 0.833.